The van der Waals surface area contributed by atoms with Crippen molar-refractivity contribution in [3.63, 3.8) is 0 Å². The first-order chi connectivity index (χ1) is 10.3. The van der Waals surface area contributed by atoms with Crippen molar-refractivity contribution in [2.45, 2.75) is 130 Å². The van der Waals surface area contributed by atoms with Crippen molar-refractivity contribution in [3.8, 4) is 0 Å². The largest absolute Gasteiger partial charge is 0.412 e. The molecule has 0 aliphatic carbocycles. The zero-order valence-electron chi connectivity index (χ0n) is 17.0. The van der Waals surface area contributed by atoms with Crippen molar-refractivity contribution in [2.24, 2.45) is 0 Å². The second kappa shape index (κ2) is 25.1. The number of unbranched alkanes of at least 4 members (excludes halogenated alkanes) is 6. The molecule has 0 saturated carbocycles. The summed E-state index contributed by atoms with van der Waals surface area (Å²) in [5.41, 5.74) is 0. The Kier molecular flexibility index (Phi) is 33.0. The minimum Gasteiger partial charge on any atom is -0.412 e. The molecule has 2 atom stereocenters. The Hall–Kier alpha value is -0.160. The first kappa shape index (κ1) is 31.6. The lowest BCUT2D eigenvalue weighted by molar-refractivity contribution is -0.0308. The van der Waals surface area contributed by atoms with Gasteiger partial charge in [0.05, 0.1) is 12.2 Å². The molecule has 0 aliphatic rings. The van der Waals surface area contributed by atoms with Gasteiger partial charge in [0, 0.05) is 0 Å². The molecule has 0 heterocycles. The topological polar surface area (TPSA) is 104 Å². The van der Waals surface area contributed by atoms with Gasteiger partial charge < -0.3 is 21.2 Å². The third kappa shape index (κ3) is 19.9. The van der Waals surface area contributed by atoms with E-state index in [1.807, 2.05) is 0 Å². The maximum Gasteiger partial charge on any atom is 0.0578 e. The van der Waals surface area contributed by atoms with Crippen LogP contribution < -0.4 is 0 Å². The smallest absolute Gasteiger partial charge is 0.0578 e. The third-order valence-corrected chi connectivity index (χ3v) is 4.37. The molecule has 0 aliphatic heterocycles. The highest BCUT2D eigenvalue weighted by Gasteiger charge is 2.15. The number of ether oxygens (including phenoxy) is 1. The minimum absolute atomic E-state index is 0. The van der Waals surface area contributed by atoms with Gasteiger partial charge in [0.15, 0.2) is 0 Å². The minimum atomic E-state index is 0. The lowest BCUT2D eigenvalue weighted by Crippen LogP contribution is -2.22. The molecule has 24 heavy (non-hydrogen) atoms. The van der Waals surface area contributed by atoms with Crippen LogP contribution in [0, 0.1) is 0 Å². The Morgan fingerprint density at radius 1 is 0.458 bits per heavy atom. The zero-order valence-corrected chi connectivity index (χ0v) is 17.0. The Bertz CT molecular complexity index is 180. The molecule has 0 spiro atoms. The molecular formula is C20H48O4. The van der Waals surface area contributed by atoms with Crippen LogP contribution in [0.15, 0.2) is 0 Å². The van der Waals surface area contributed by atoms with Crippen molar-refractivity contribution in [3.05, 3.63) is 0 Å². The van der Waals surface area contributed by atoms with Crippen LogP contribution in [0.2, 0.25) is 0 Å². The van der Waals surface area contributed by atoms with Gasteiger partial charge in [-0.25, -0.2) is 0 Å². The van der Waals surface area contributed by atoms with E-state index in [9.17, 15) is 0 Å². The standard InChI is InChI=1S/C20H42O.3H2O/c1-5-9-11-13-17-19(15-7-3)21-20(16-8-4)18-14-12-10-6-2;;;/h19-20H,5-18H2,1-4H3;3*1H2. The second-order valence-corrected chi connectivity index (χ2v) is 6.66. The highest BCUT2D eigenvalue weighted by atomic mass is 16.5. The molecule has 0 aromatic rings. The first-order valence-electron chi connectivity index (χ1n) is 9.93. The predicted molar refractivity (Wildman–Crippen MR) is 107 cm³/mol. The molecule has 0 saturated heterocycles. The SMILES string of the molecule is CCCCCCC(CCC)OC(CCC)CCCCCC.O.O.O. The van der Waals surface area contributed by atoms with Crippen molar-refractivity contribution in [1.29, 1.82) is 0 Å². The molecule has 0 rings (SSSR count). The molecule has 152 valence electrons. The summed E-state index contributed by atoms with van der Waals surface area (Å²) in [4.78, 5) is 0. The maximum absolute atomic E-state index is 6.49. The molecule has 0 aromatic heterocycles. The van der Waals surface area contributed by atoms with E-state index in [4.69, 9.17) is 4.74 Å². The predicted octanol–water partition coefficient (Wildman–Crippen LogP) is 4.81. The summed E-state index contributed by atoms with van der Waals surface area (Å²) in [5.74, 6) is 0. The average molecular weight is 353 g/mol. The van der Waals surface area contributed by atoms with Gasteiger partial charge in [0.25, 0.3) is 0 Å². The fourth-order valence-electron chi connectivity index (χ4n) is 3.07. The van der Waals surface area contributed by atoms with Gasteiger partial charge in [-0.1, -0.05) is 91.9 Å². The van der Waals surface area contributed by atoms with E-state index in [1.165, 1.54) is 89.9 Å². The van der Waals surface area contributed by atoms with E-state index < -0.39 is 0 Å². The summed E-state index contributed by atoms with van der Waals surface area (Å²) in [6.07, 6.45) is 19.5. The molecule has 0 radical (unpaired) electrons. The monoisotopic (exact) mass is 352 g/mol. The van der Waals surface area contributed by atoms with Crippen molar-refractivity contribution in [2.75, 3.05) is 0 Å². The van der Waals surface area contributed by atoms with Gasteiger partial charge in [-0.05, 0) is 25.7 Å². The molecule has 4 heteroatoms. The molecular weight excluding hydrogens is 304 g/mol. The van der Waals surface area contributed by atoms with Crippen LogP contribution in [-0.4, -0.2) is 28.6 Å². The highest BCUT2D eigenvalue weighted by Crippen LogP contribution is 2.20. The van der Waals surface area contributed by atoms with Crippen molar-refractivity contribution < 1.29 is 21.2 Å². The molecule has 2 unspecified atom stereocenters. The van der Waals surface area contributed by atoms with E-state index in [0.29, 0.717) is 12.2 Å². The van der Waals surface area contributed by atoms with Crippen LogP contribution in [-0.2, 0) is 4.74 Å². The van der Waals surface area contributed by atoms with E-state index in [1.54, 1.807) is 0 Å². The van der Waals surface area contributed by atoms with Crippen LogP contribution in [0.1, 0.15) is 118 Å². The molecule has 6 N–H and O–H groups in total. The van der Waals surface area contributed by atoms with Crippen LogP contribution in [0.5, 0.6) is 0 Å². The second-order valence-electron chi connectivity index (χ2n) is 6.66. The molecule has 0 fully saturated rings. The number of hydrogen-bond acceptors (Lipinski definition) is 1. The quantitative estimate of drug-likeness (QED) is 0.365. The molecule has 4 nitrogen and oxygen atoms in total. The summed E-state index contributed by atoms with van der Waals surface area (Å²) in [5, 5.41) is 0. The van der Waals surface area contributed by atoms with Crippen molar-refractivity contribution in [1.82, 2.24) is 0 Å². The van der Waals surface area contributed by atoms with E-state index in [0.717, 1.165) is 0 Å². The number of rotatable bonds is 16. The number of hydrogen-bond donors (Lipinski definition) is 0. The summed E-state index contributed by atoms with van der Waals surface area (Å²) in [6.45, 7) is 9.15. The van der Waals surface area contributed by atoms with Gasteiger partial charge in [0.2, 0.25) is 0 Å². The van der Waals surface area contributed by atoms with Gasteiger partial charge in [-0.15, -0.1) is 0 Å². The average Bonchev–Trinajstić information content (AvgIpc) is 2.48. The molecule has 0 bridgehead atoms. The van der Waals surface area contributed by atoms with E-state index in [-0.39, 0.29) is 16.4 Å². The summed E-state index contributed by atoms with van der Waals surface area (Å²) in [7, 11) is 0. The maximum atomic E-state index is 6.49. The van der Waals surface area contributed by atoms with Gasteiger partial charge >= 0.3 is 0 Å². The van der Waals surface area contributed by atoms with Crippen LogP contribution in [0.25, 0.3) is 0 Å². The Labute approximate surface area is 151 Å². The van der Waals surface area contributed by atoms with Gasteiger partial charge in [0.1, 0.15) is 0 Å². The lowest BCUT2D eigenvalue weighted by Gasteiger charge is -2.25. The fourth-order valence-corrected chi connectivity index (χ4v) is 3.07. The Balaban J connectivity index is -0.000000667. The van der Waals surface area contributed by atoms with Crippen LogP contribution in [0.4, 0.5) is 0 Å². The summed E-state index contributed by atoms with van der Waals surface area (Å²) >= 11 is 0. The normalized spacial score (nSPS) is 12.5. The highest BCUT2D eigenvalue weighted by molar-refractivity contribution is 4.65. The molecule has 0 aromatic carbocycles. The van der Waals surface area contributed by atoms with Gasteiger partial charge in [-0.2, -0.15) is 0 Å². The fraction of sp³-hybridized carbons (Fsp3) is 1.00. The summed E-state index contributed by atoms with van der Waals surface area (Å²) in [6, 6.07) is 0. The third-order valence-electron chi connectivity index (χ3n) is 4.37. The Morgan fingerprint density at radius 3 is 1.12 bits per heavy atom. The zero-order chi connectivity index (χ0) is 15.8. The summed E-state index contributed by atoms with van der Waals surface area (Å²) < 4.78 is 6.49. The van der Waals surface area contributed by atoms with Crippen LogP contribution in [0.3, 0.4) is 0 Å². The van der Waals surface area contributed by atoms with Gasteiger partial charge in [-0.3, -0.25) is 0 Å². The Morgan fingerprint density at radius 2 is 0.833 bits per heavy atom. The molecule has 0 amide bonds. The van der Waals surface area contributed by atoms with E-state index in [2.05, 4.69) is 27.7 Å². The van der Waals surface area contributed by atoms with Crippen LogP contribution >= 0.6 is 0 Å². The van der Waals surface area contributed by atoms with E-state index >= 15 is 0 Å². The van der Waals surface area contributed by atoms with Crippen molar-refractivity contribution >= 4 is 0 Å². The lowest BCUT2D eigenvalue weighted by atomic mass is 10.0. The first-order valence-corrected chi connectivity index (χ1v) is 9.93.